The highest BCUT2D eigenvalue weighted by Crippen LogP contribution is 2.50. The van der Waals surface area contributed by atoms with Gasteiger partial charge in [0.2, 0.25) is 12.0 Å². The first-order valence-corrected chi connectivity index (χ1v) is 10.8. The average Bonchev–Trinajstić information content (AvgIpc) is 2.86. The first-order chi connectivity index (χ1) is 17.0. The third kappa shape index (κ3) is 4.28. The van der Waals surface area contributed by atoms with E-state index in [0.717, 1.165) is 12.1 Å². The van der Waals surface area contributed by atoms with Crippen molar-refractivity contribution < 1.29 is 69.7 Å². The van der Waals surface area contributed by atoms with Crippen LogP contribution in [0.5, 0.6) is 17.2 Å². The number of phenolic OH excluding ortho intramolecular Hbond substituents is 2. The summed E-state index contributed by atoms with van der Waals surface area (Å²) in [5, 5.41) is 102. The van der Waals surface area contributed by atoms with Crippen molar-refractivity contribution in [2.75, 3.05) is 13.2 Å². The maximum Gasteiger partial charge on any atom is 0.336 e. The summed E-state index contributed by atoms with van der Waals surface area (Å²) >= 11 is 0. The van der Waals surface area contributed by atoms with Gasteiger partial charge in [0.05, 0.1) is 24.2 Å². The number of rotatable bonds is 5. The van der Waals surface area contributed by atoms with Gasteiger partial charge in [0, 0.05) is 6.07 Å². The zero-order valence-electron chi connectivity index (χ0n) is 18.4. The van der Waals surface area contributed by atoms with Gasteiger partial charge in [0.15, 0.2) is 11.3 Å². The predicted molar refractivity (Wildman–Crippen MR) is 113 cm³/mol. The highest BCUT2D eigenvalue weighted by Gasteiger charge is 2.48. The zero-order chi connectivity index (χ0) is 26.5. The number of aromatic hydroxyl groups is 2. The van der Waals surface area contributed by atoms with E-state index in [1.807, 2.05) is 0 Å². The molecule has 1 aromatic heterocycles. The molecule has 15 heteroatoms. The number of benzene rings is 1. The zero-order valence-corrected chi connectivity index (χ0v) is 18.4. The van der Waals surface area contributed by atoms with E-state index >= 15 is 0 Å². The second-order valence-corrected chi connectivity index (χ2v) is 8.50. The fourth-order valence-corrected chi connectivity index (χ4v) is 4.26. The van der Waals surface area contributed by atoms with Crippen LogP contribution in [-0.2, 0) is 9.47 Å². The summed E-state index contributed by atoms with van der Waals surface area (Å²) in [7, 11) is 0. The molecule has 2 aliphatic heterocycles. The first-order valence-electron chi connectivity index (χ1n) is 10.8. The van der Waals surface area contributed by atoms with Crippen LogP contribution in [-0.4, -0.2) is 119 Å². The van der Waals surface area contributed by atoms with E-state index in [0.29, 0.717) is 0 Å². The van der Waals surface area contributed by atoms with Gasteiger partial charge in [-0.05, 0) is 6.07 Å². The minimum Gasteiger partial charge on any atom is -0.507 e. The number of ether oxygens (including phenoxy) is 3. The molecule has 0 aliphatic carbocycles. The topological polar surface area (TPSA) is 260 Å². The van der Waals surface area contributed by atoms with Crippen LogP contribution in [0.25, 0.3) is 11.0 Å². The summed E-state index contributed by atoms with van der Waals surface area (Å²) in [5.74, 6) is -2.54. The molecule has 10 N–H and O–H groups in total. The molecule has 0 bridgehead atoms. The number of hydrogen-bond acceptors (Lipinski definition) is 15. The van der Waals surface area contributed by atoms with Crippen molar-refractivity contribution in [2.45, 2.75) is 61.2 Å². The van der Waals surface area contributed by atoms with Crippen LogP contribution < -0.4 is 10.4 Å². The van der Waals surface area contributed by atoms with Crippen molar-refractivity contribution in [3.63, 3.8) is 0 Å². The second-order valence-electron chi connectivity index (χ2n) is 8.50. The Bertz CT molecular complexity index is 1150. The van der Waals surface area contributed by atoms with Gasteiger partial charge in [-0.2, -0.15) is 0 Å². The number of aliphatic hydroxyl groups excluding tert-OH is 8. The average molecular weight is 518 g/mol. The number of fused-ring (bicyclic) bond motifs is 1. The molecule has 10 atom stereocenters. The molecule has 0 amide bonds. The van der Waals surface area contributed by atoms with E-state index in [4.69, 9.17) is 18.6 Å². The molecule has 200 valence electrons. The Morgan fingerprint density at radius 2 is 1.33 bits per heavy atom. The maximum atomic E-state index is 11.9. The summed E-state index contributed by atoms with van der Waals surface area (Å²) in [6.07, 6.45) is -17.5. The molecule has 2 fully saturated rings. The second kappa shape index (κ2) is 10.1. The maximum absolute atomic E-state index is 11.9. The Balaban J connectivity index is 1.86. The number of phenols is 2. The van der Waals surface area contributed by atoms with E-state index in [-0.39, 0.29) is 5.39 Å². The van der Waals surface area contributed by atoms with Crippen molar-refractivity contribution >= 4 is 11.0 Å². The van der Waals surface area contributed by atoms with Crippen LogP contribution in [0, 0.1) is 0 Å². The third-order valence-corrected chi connectivity index (χ3v) is 6.28. The molecule has 15 nitrogen and oxygen atoms in total. The van der Waals surface area contributed by atoms with Gasteiger partial charge in [0.25, 0.3) is 0 Å². The minimum absolute atomic E-state index is 0.265. The van der Waals surface area contributed by atoms with Gasteiger partial charge in [0.1, 0.15) is 60.7 Å². The van der Waals surface area contributed by atoms with E-state index in [1.165, 1.54) is 0 Å². The summed E-state index contributed by atoms with van der Waals surface area (Å²) < 4.78 is 21.2. The molecule has 2 aliphatic rings. The van der Waals surface area contributed by atoms with Crippen molar-refractivity contribution in [3.05, 3.63) is 28.1 Å². The molecule has 0 spiro atoms. The van der Waals surface area contributed by atoms with Crippen LogP contribution in [0.3, 0.4) is 0 Å². The lowest BCUT2D eigenvalue weighted by Crippen LogP contribution is -2.60. The van der Waals surface area contributed by atoms with Crippen LogP contribution in [0.15, 0.2) is 21.3 Å². The molecule has 4 rings (SSSR count). The highest BCUT2D eigenvalue weighted by molar-refractivity contribution is 5.92. The standard InChI is InChI=1S/C21H26O15/c22-3-6-11(26)14(29)16(31)19(33-6)9-10(25)5-1-2-8(24)35-18(5)20(13(9)28)36-21-17(32)15(30)12(27)7(4-23)34-21/h1-2,6-7,11-12,14-17,19,21-23,25-32H,3-4H2/t6-,7-,11+,12+,14+,15+,16+,17+,19+,21+/m0/s1. The SMILES string of the molecule is O=c1ccc2c(O)c([C@H]3O[C@@H](CO)[C@@H](O)[C@@H](O)[C@H]3O)c(O)c(O[C@H]3O[C@@H](CO)[C@@H](O)[C@@H](O)[C@H]3O)c2o1. The fourth-order valence-electron chi connectivity index (χ4n) is 4.26. The van der Waals surface area contributed by atoms with Gasteiger partial charge in [-0.15, -0.1) is 0 Å². The summed E-state index contributed by atoms with van der Waals surface area (Å²) in [6.45, 7) is -1.60. The van der Waals surface area contributed by atoms with E-state index < -0.39 is 108 Å². The van der Waals surface area contributed by atoms with Gasteiger partial charge < -0.3 is 69.7 Å². The lowest BCUT2D eigenvalue weighted by Gasteiger charge is -2.41. The van der Waals surface area contributed by atoms with Crippen LogP contribution in [0.1, 0.15) is 11.7 Å². The first kappa shape index (κ1) is 26.5. The fraction of sp³-hybridized carbons (Fsp3) is 0.571. The Hall–Kier alpha value is -2.57. The van der Waals surface area contributed by atoms with E-state index in [2.05, 4.69) is 0 Å². The largest absolute Gasteiger partial charge is 0.507 e. The molecule has 3 heterocycles. The smallest absolute Gasteiger partial charge is 0.336 e. The number of hydrogen-bond donors (Lipinski definition) is 10. The molecular formula is C21H26O15. The van der Waals surface area contributed by atoms with Crippen molar-refractivity contribution in [1.82, 2.24) is 0 Å². The molecule has 0 unspecified atom stereocenters. The molecule has 36 heavy (non-hydrogen) atoms. The quantitative estimate of drug-likeness (QED) is 0.169. The van der Waals surface area contributed by atoms with E-state index in [9.17, 15) is 55.9 Å². The van der Waals surface area contributed by atoms with Crippen molar-refractivity contribution in [2.24, 2.45) is 0 Å². The van der Waals surface area contributed by atoms with Crippen LogP contribution >= 0.6 is 0 Å². The molecule has 0 radical (unpaired) electrons. The Morgan fingerprint density at radius 1 is 0.750 bits per heavy atom. The van der Waals surface area contributed by atoms with E-state index in [1.54, 1.807) is 0 Å². The normalized spacial score (nSPS) is 37.2. The summed E-state index contributed by atoms with van der Waals surface area (Å²) in [4.78, 5) is 11.9. The van der Waals surface area contributed by atoms with Gasteiger partial charge >= 0.3 is 5.63 Å². The van der Waals surface area contributed by atoms with Crippen LogP contribution in [0.4, 0.5) is 0 Å². The molecule has 2 aromatic rings. The molecule has 0 saturated carbocycles. The summed E-state index contributed by atoms with van der Waals surface area (Å²) in [6, 6.07) is 1.98. The monoisotopic (exact) mass is 518 g/mol. The van der Waals surface area contributed by atoms with Crippen molar-refractivity contribution in [3.8, 4) is 17.2 Å². The summed E-state index contributed by atoms with van der Waals surface area (Å²) in [5.41, 5.74) is -2.10. The van der Waals surface area contributed by atoms with Crippen molar-refractivity contribution in [1.29, 1.82) is 0 Å². The number of aliphatic hydroxyl groups is 8. The minimum atomic E-state index is -1.94. The molecular weight excluding hydrogens is 492 g/mol. The Labute approximate surface area is 201 Å². The lowest BCUT2D eigenvalue weighted by atomic mass is 9.89. The molecule has 2 saturated heterocycles. The molecule has 1 aromatic carbocycles. The third-order valence-electron chi connectivity index (χ3n) is 6.28. The Kier molecular flexibility index (Phi) is 7.40. The Morgan fingerprint density at radius 3 is 1.94 bits per heavy atom. The van der Waals surface area contributed by atoms with Gasteiger partial charge in [-0.1, -0.05) is 0 Å². The highest BCUT2D eigenvalue weighted by atomic mass is 16.7. The van der Waals surface area contributed by atoms with Crippen LogP contribution in [0.2, 0.25) is 0 Å². The predicted octanol–water partition coefficient (Wildman–Crippen LogP) is -4.10. The van der Waals surface area contributed by atoms with Gasteiger partial charge in [-0.3, -0.25) is 0 Å². The van der Waals surface area contributed by atoms with Gasteiger partial charge in [-0.25, -0.2) is 4.79 Å². The lowest BCUT2D eigenvalue weighted by molar-refractivity contribution is -0.277.